The maximum absolute atomic E-state index is 13.4. The van der Waals surface area contributed by atoms with Crippen LogP contribution in [-0.4, -0.2) is 5.78 Å². The average Bonchev–Trinajstić information content (AvgIpc) is 2.32. The van der Waals surface area contributed by atoms with Gasteiger partial charge in [0.1, 0.15) is 5.82 Å². The second kappa shape index (κ2) is 4.90. The molecule has 0 fully saturated rings. The number of carbonyl (C=O) groups is 1. The molecule has 0 unspecified atom stereocenters. The van der Waals surface area contributed by atoms with Gasteiger partial charge in [0.15, 0.2) is 5.78 Å². The third-order valence-electron chi connectivity index (χ3n) is 2.69. The van der Waals surface area contributed by atoms with E-state index in [1.54, 1.807) is 31.2 Å². The van der Waals surface area contributed by atoms with Crippen LogP contribution in [0.25, 0.3) is 0 Å². The van der Waals surface area contributed by atoms with Gasteiger partial charge in [0, 0.05) is 16.8 Å². The predicted molar refractivity (Wildman–Crippen MR) is 73.1 cm³/mol. The second-order valence-corrected chi connectivity index (χ2v) is 4.80. The van der Waals surface area contributed by atoms with Crippen molar-refractivity contribution in [2.24, 2.45) is 0 Å². The molecule has 92 valence electrons. The lowest BCUT2D eigenvalue weighted by Gasteiger charge is -2.08. The standard InChI is InChI=1S/C14H11BrFNO/c1-8-7-9(17)5-6-10(8)14(18)11-3-2-4-12(16)13(11)15/h2-7H,17H2,1H3. The van der Waals surface area contributed by atoms with Gasteiger partial charge in [0.2, 0.25) is 0 Å². The van der Waals surface area contributed by atoms with Gasteiger partial charge in [-0.25, -0.2) is 4.39 Å². The Morgan fingerprint density at radius 3 is 2.61 bits per heavy atom. The summed E-state index contributed by atoms with van der Waals surface area (Å²) in [6.07, 6.45) is 0. The van der Waals surface area contributed by atoms with E-state index in [-0.39, 0.29) is 10.3 Å². The van der Waals surface area contributed by atoms with Crippen molar-refractivity contribution in [2.45, 2.75) is 6.92 Å². The second-order valence-electron chi connectivity index (χ2n) is 4.00. The molecule has 0 aromatic heterocycles. The van der Waals surface area contributed by atoms with Crippen LogP contribution in [0.4, 0.5) is 10.1 Å². The zero-order valence-electron chi connectivity index (χ0n) is 9.71. The Morgan fingerprint density at radius 1 is 1.22 bits per heavy atom. The van der Waals surface area contributed by atoms with Crippen LogP contribution in [0.1, 0.15) is 21.5 Å². The average molecular weight is 308 g/mol. The molecule has 0 bridgehead atoms. The molecule has 2 aromatic rings. The summed E-state index contributed by atoms with van der Waals surface area (Å²) >= 11 is 3.10. The number of hydrogen-bond donors (Lipinski definition) is 1. The van der Waals surface area contributed by atoms with E-state index in [0.717, 1.165) is 5.56 Å². The third kappa shape index (κ3) is 2.29. The quantitative estimate of drug-likeness (QED) is 0.679. The van der Waals surface area contributed by atoms with Gasteiger partial charge in [-0.2, -0.15) is 0 Å². The highest BCUT2D eigenvalue weighted by Gasteiger charge is 2.16. The first-order chi connectivity index (χ1) is 8.50. The van der Waals surface area contributed by atoms with Gasteiger partial charge in [0.25, 0.3) is 0 Å². The Bertz CT molecular complexity index is 625. The maximum Gasteiger partial charge on any atom is 0.194 e. The van der Waals surface area contributed by atoms with Gasteiger partial charge in [-0.3, -0.25) is 4.79 Å². The van der Waals surface area contributed by atoms with E-state index in [1.807, 2.05) is 0 Å². The number of nitrogens with two attached hydrogens (primary N) is 1. The number of aryl methyl sites for hydroxylation is 1. The molecule has 0 aliphatic carbocycles. The van der Waals surface area contributed by atoms with Crippen molar-refractivity contribution in [3.8, 4) is 0 Å². The summed E-state index contributed by atoms with van der Waals surface area (Å²) < 4.78 is 13.6. The molecule has 2 rings (SSSR count). The molecule has 0 heterocycles. The molecule has 0 spiro atoms. The molecule has 0 atom stereocenters. The van der Waals surface area contributed by atoms with Crippen LogP contribution in [0, 0.1) is 12.7 Å². The summed E-state index contributed by atoms with van der Waals surface area (Å²) in [6.45, 7) is 1.80. The molecule has 0 saturated carbocycles. The molecule has 0 amide bonds. The summed E-state index contributed by atoms with van der Waals surface area (Å²) in [5.41, 5.74) is 7.85. The van der Waals surface area contributed by atoms with E-state index < -0.39 is 5.82 Å². The molecule has 0 aliphatic heterocycles. The van der Waals surface area contributed by atoms with Gasteiger partial charge in [-0.05, 0) is 58.7 Å². The van der Waals surface area contributed by atoms with Crippen LogP contribution in [0.2, 0.25) is 0 Å². The molecule has 0 saturated heterocycles. The van der Waals surface area contributed by atoms with Crippen molar-refractivity contribution in [3.63, 3.8) is 0 Å². The third-order valence-corrected chi connectivity index (χ3v) is 3.50. The van der Waals surface area contributed by atoms with Crippen LogP contribution in [0.3, 0.4) is 0 Å². The minimum Gasteiger partial charge on any atom is -0.399 e. The molecule has 4 heteroatoms. The van der Waals surface area contributed by atoms with Gasteiger partial charge in [-0.15, -0.1) is 0 Å². The van der Waals surface area contributed by atoms with Gasteiger partial charge in [-0.1, -0.05) is 6.07 Å². The number of ketones is 1. The van der Waals surface area contributed by atoms with Crippen molar-refractivity contribution in [2.75, 3.05) is 5.73 Å². The molecule has 18 heavy (non-hydrogen) atoms. The summed E-state index contributed by atoms with van der Waals surface area (Å²) in [4.78, 5) is 12.3. The summed E-state index contributed by atoms with van der Waals surface area (Å²) in [6, 6.07) is 9.44. The minimum absolute atomic E-state index is 0.186. The van der Waals surface area contributed by atoms with Crippen LogP contribution in [0.15, 0.2) is 40.9 Å². The zero-order chi connectivity index (χ0) is 13.3. The zero-order valence-corrected chi connectivity index (χ0v) is 11.3. The number of hydrogen-bond acceptors (Lipinski definition) is 2. The van der Waals surface area contributed by atoms with Gasteiger partial charge in [0.05, 0.1) is 4.47 Å². The topological polar surface area (TPSA) is 43.1 Å². The number of carbonyl (C=O) groups excluding carboxylic acids is 1. The fourth-order valence-electron chi connectivity index (χ4n) is 1.77. The largest absolute Gasteiger partial charge is 0.399 e. The Labute approximate surface area is 113 Å². The lowest BCUT2D eigenvalue weighted by atomic mass is 9.98. The van der Waals surface area contributed by atoms with Crippen molar-refractivity contribution >= 4 is 27.4 Å². The maximum atomic E-state index is 13.4. The molecule has 0 radical (unpaired) electrons. The van der Waals surface area contributed by atoms with Crippen molar-refractivity contribution in [1.29, 1.82) is 0 Å². The number of rotatable bonds is 2. The highest BCUT2D eigenvalue weighted by atomic mass is 79.9. The Morgan fingerprint density at radius 2 is 1.94 bits per heavy atom. The first kappa shape index (κ1) is 12.8. The van der Waals surface area contributed by atoms with Crippen molar-refractivity contribution in [1.82, 2.24) is 0 Å². The molecular formula is C14H11BrFNO. The number of halogens is 2. The van der Waals surface area contributed by atoms with Crippen molar-refractivity contribution in [3.05, 3.63) is 63.4 Å². The van der Waals surface area contributed by atoms with E-state index in [9.17, 15) is 9.18 Å². The van der Waals surface area contributed by atoms with Crippen LogP contribution < -0.4 is 5.73 Å². The number of benzene rings is 2. The summed E-state index contributed by atoms with van der Waals surface area (Å²) in [7, 11) is 0. The highest BCUT2D eigenvalue weighted by Crippen LogP contribution is 2.24. The SMILES string of the molecule is Cc1cc(N)ccc1C(=O)c1cccc(F)c1Br. The number of anilines is 1. The fourth-order valence-corrected chi connectivity index (χ4v) is 2.21. The monoisotopic (exact) mass is 307 g/mol. The van der Waals surface area contributed by atoms with E-state index in [1.165, 1.54) is 12.1 Å². The van der Waals surface area contributed by atoms with E-state index >= 15 is 0 Å². The Hall–Kier alpha value is -1.68. The predicted octanol–water partition coefficient (Wildman–Crippen LogP) is 3.71. The molecule has 2 N–H and O–H groups in total. The lowest BCUT2D eigenvalue weighted by Crippen LogP contribution is -2.06. The summed E-state index contributed by atoms with van der Waals surface area (Å²) in [5, 5.41) is 0. The first-order valence-electron chi connectivity index (χ1n) is 5.35. The van der Waals surface area contributed by atoms with Crippen LogP contribution in [0.5, 0.6) is 0 Å². The number of nitrogen functional groups attached to an aromatic ring is 1. The minimum atomic E-state index is -0.450. The normalized spacial score (nSPS) is 10.4. The smallest absolute Gasteiger partial charge is 0.194 e. The van der Waals surface area contributed by atoms with E-state index in [4.69, 9.17) is 5.73 Å². The molecule has 0 aliphatic rings. The fraction of sp³-hybridized carbons (Fsp3) is 0.0714. The molecule has 2 nitrogen and oxygen atoms in total. The molecule has 2 aromatic carbocycles. The highest BCUT2D eigenvalue weighted by molar-refractivity contribution is 9.10. The molecular weight excluding hydrogens is 297 g/mol. The van der Waals surface area contributed by atoms with Gasteiger partial charge < -0.3 is 5.73 Å². The van der Waals surface area contributed by atoms with Crippen molar-refractivity contribution < 1.29 is 9.18 Å². The van der Waals surface area contributed by atoms with Crippen LogP contribution >= 0.6 is 15.9 Å². The van der Waals surface area contributed by atoms with E-state index in [2.05, 4.69) is 15.9 Å². The van der Waals surface area contributed by atoms with Crippen LogP contribution in [-0.2, 0) is 0 Å². The Balaban J connectivity index is 2.51. The van der Waals surface area contributed by atoms with Gasteiger partial charge >= 0.3 is 0 Å². The lowest BCUT2D eigenvalue weighted by molar-refractivity contribution is 0.103. The summed E-state index contributed by atoms with van der Waals surface area (Å²) in [5.74, 6) is -0.673. The first-order valence-corrected chi connectivity index (χ1v) is 6.15. The van der Waals surface area contributed by atoms with E-state index in [0.29, 0.717) is 16.8 Å². The Kier molecular flexibility index (Phi) is 3.48.